The SMILES string of the molecule is C[C@H](NC(=O)[C@@H]1CCn2ccnc2C1)[C@H](O)Cc1ccccc1. The average molecular weight is 313 g/mol. The fraction of sp³-hybridized carbons (Fsp3) is 0.444. The number of rotatable bonds is 5. The molecule has 0 radical (unpaired) electrons. The zero-order valence-electron chi connectivity index (χ0n) is 13.4. The number of amides is 1. The van der Waals surface area contributed by atoms with Crippen LogP contribution in [0.25, 0.3) is 0 Å². The van der Waals surface area contributed by atoms with E-state index >= 15 is 0 Å². The van der Waals surface area contributed by atoms with E-state index in [1.54, 1.807) is 6.20 Å². The highest BCUT2D eigenvalue weighted by molar-refractivity contribution is 5.79. The summed E-state index contributed by atoms with van der Waals surface area (Å²) in [5.74, 6) is 0.920. The standard InChI is InChI=1S/C18H23N3O2/c1-13(16(22)11-14-5-3-2-4-6-14)20-18(23)15-7-9-21-10-8-19-17(21)12-15/h2-6,8,10,13,15-16,22H,7,9,11-12H2,1H3,(H,20,23)/t13-,15+,16+/m0/s1. The van der Waals surface area contributed by atoms with Gasteiger partial charge >= 0.3 is 0 Å². The third-order valence-corrected chi connectivity index (χ3v) is 4.55. The molecule has 2 heterocycles. The van der Waals surface area contributed by atoms with Crippen LogP contribution in [0.5, 0.6) is 0 Å². The summed E-state index contributed by atoms with van der Waals surface area (Å²) < 4.78 is 2.09. The Labute approximate surface area is 136 Å². The molecule has 1 aliphatic heterocycles. The molecule has 0 bridgehead atoms. The van der Waals surface area contributed by atoms with Crippen LogP contribution < -0.4 is 5.32 Å². The van der Waals surface area contributed by atoms with Crippen molar-refractivity contribution in [1.29, 1.82) is 0 Å². The summed E-state index contributed by atoms with van der Waals surface area (Å²) in [7, 11) is 0. The topological polar surface area (TPSA) is 67.2 Å². The number of aliphatic hydroxyl groups is 1. The van der Waals surface area contributed by atoms with Crippen LogP contribution in [0.3, 0.4) is 0 Å². The van der Waals surface area contributed by atoms with Gasteiger partial charge in [-0.1, -0.05) is 30.3 Å². The van der Waals surface area contributed by atoms with Crippen molar-refractivity contribution in [2.24, 2.45) is 5.92 Å². The second-order valence-electron chi connectivity index (χ2n) is 6.28. The number of aromatic nitrogens is 2. The van der Waals surface area contributed by atoms with Crippen LogP contribution in [0.2, 0.25) is 0 Å². The van der Waals surface area contributed by atoms with E-state index in [9.17, 15) is 9.90 Å². The first kappa shape index (κ1) is 15.7. The van der Waals surface area contributed by atoms with Crippen molar-refractivity contribution in [3.63, 3.8) is 0 Å². The molecule has 0 saturated heterocycles. The van der Waals surface area contributed by atoms with Crippen LogP contribution in [-0.2, 0) is 24.2 Å². The summed E-state index contributed by atoms with van der Waals surface area (Å²) >= 11 is 0. The van der Waals surface area contributed by atoms with Crippen molar-refractivity contribution in [3.8, 4) is 0 Å². The highest BCUT2D eigenvalue weighted by atomic mass is 16.3. The van der Waals surface area contributed by atoms with Crippen molar-refractivity contribution in [2.45, 2.75) is 44.9 Å². The third-order valence-electron chi connectivity index (χ3n) is 4.55. The number of fused-ring (bicyclic) bond motifs is 1. The van der Waals surface area contributed by atoms with Gasteiger partial charge in [-0.15, -0.1) is 0 Å². The number of hydrogen-bond acceptors (Lipinski definition) is 3. The second-order valence-corrected chi connectivity index (χ2v) is 6.28. The Morgan fingerprint density at radius 2 is 2.22 bits per heavy atom. The highest BCUT2D eigenvalue weighted by Gasteiger charge is 2.27. The normalized spacial score (nSPS) is 19.7. The minimum atomic E-state index is -0.591. The zero-order valence-corrected chi connectivity index (χ0v) is 13.4. The van der Waals surface area contributed by atoms with Crippen LogP contribution >= 0.6 is 0 Å². The molecule has 0 aliphatic carbocycles. The molecule has 5 nitrogen and oxygen atoms in total. The molecule has 122 valence electrons. The van der Waals surface area contributed by atoms with Gasteiger partial charge < -0.3 is 15.0 Å². The molecule has 1 aliphatic rings. The first-order chi connectivity index (χ1) is 11.1. The van der Waals surface area contributed by atoms with E-state index in [1.165, 1.54) is 0 Å². The van der Waals surface area contributed by atoms with Gasteiger partial charge in [-0.3, -0.25) is 4.79 Å². The van der Waals surface area contributed by atoms with Gasteiger partial charge in [0.1, 0.15) is 5.82 Å². The minimum absolute atomic E-state index is 0.0128. The lowest BCUT2D eigenvalue weighted by Crippen LogP contribution is -2.46. The van der Waals surface area contributed by atoms with E-state index in [1.807, 2.05) is 43.5 Å². The van der Waals surface area contributed by atoms with Crippen molar-refractivity contribution in [1.82, 2.24) is 14.9 Å². The largest absolute Gasteiger partial charge is 0.391 e. The number of nitrogens with one attached hydrogen (secondary N) is 1. The van der Waals surface area contributed by atoms with Gasteiger partial charge in [-0.2, -0.15) is 0 Å². The second kappa shape index (κ2) is 6.96. The van der Waals surface area contributed by atoms with Gasteiger partial charge in [-0.05, 0) is 18.9 Å². The Hall–Kier alpha value is -2.14. The Kier molecular flexibility index (Phi) is 4.76. The van der Waals surface area contributed by atoms with Gasteiger partial charge in [0.25, 0.3) is 0 Å². The number of carbonyl (C=O) groups excluding carboxylic acids is 1. The molecule has 3 atom stereocenters. The molecule has 1 aromatic carbocycles. The van der Waals surface area contributed by atoms with E-state index in [2.05, 4.69) is 14.9 Å². The van der Waals surface area contributed by atoms with Crippen molar-refractivity contribution in [3.05, 3.63) is 54.1 Å². The quantitative estimate of drug-likeness (QED) is 0.880. The maximum atomic E-state index is 12.4. The molecular formula is C18H23N3O2. The van der Waals surface area contributed by atoms with Gasteiger partial charge in [-0.25, -0.2) is 4.98 Å². The van der Waals surface area contributed by atoms with Crippen molar-refractivity contribution < 1.29 is 9.90 Å². The Morgan fingerprint density at radius 1 is 1.43 bits per heavy atom. The summed E-state index contributed by atoms with van der Waals surface area (Å²) in [6.45, 7) is 2.68. The summed E-state index contributed by atoms with van der Waals surface area (Å²) in [6, 6.07) is 9.56. The number of aryl methyl sites for hydroxylation is 1. The van der Waals surface area contributed by atoms with E-state index in [-0.39, 0.29) is 17.9 Å². The van der Waals surface area contributed by atoms with Crippen LogP contribution in [-0.4, -0.2) is 32.7 Å². The van der Waals surface area contributed by atoms with Gasteiger partial charge in [0.05, 0.1) is 12.1 Å². The Bertz CT molecular complexity index is 653. The summed E-state index contributed by atoms with van der Waals surface area (Å²) in [5.41, 5.74) is 1.07. The minimum Gasteiger partial charge on any atom is -0.391 e. The fourth-order valence-electron chi connectivity index (χ4n) is 3.05. The molecule has 3 rings (SSSR count). The number of hydrogen-bond donors (Lipinski definition) is 2. The number of nitrogens with zero attached hydrogens (tertiary/aromatic N) is 2. The van der Waals surface area contributed by atoms with Crippen molar-refractivity contribution >= 4 is 5.91 Å². The first-order valence-corrected chi connectivity index (χ1v) is 8.16. The van der Waals surface area contributed by atoms with Crippen LogP contribution in [0.1, 0.15) is 24.7 Å². The first-order valence-electron chi connectivity index (χ1n) is 8.16. The summed E-state index contributed by atoms with van der Waals surface area (Å²) in [5, 5.41) is 13.3. The molecule has 0 unspecified atom stereocenters. The molecule has 23 heavy (non-hydrogen) atoms. The maximum absolute atomic E-state index is 12.4. The molecule has 0 spiro atoms. The van der Waals surface area contributed by atoms with Crippen LogP contribution in [0, 0.1) is 5.92 Å². The smallest absolute Gasteiger partial charge is 0.223 e. The lowest BCUT2D eigenvalue weighted by molar-refractivity contribution is -0.127. The van der Waals surface area contributed by atoms with Crippen molar-refractivity contribution in [2.75, 3.05) is 0 Å². The molecule has 0 fully saturated rings. The summed E-state index contributed by atoms with van der Waals surface area (Å²) in [6.07, 6.45) is 5.17. The van der Waals surface area contributed by atoms with Gasteiger partial charge in [0.15, 0.2) is 0 Å². The Morgan fingerprint density at radius 3 is 3.00 bits per heavy atom. The monoisotopic (exact) mass is 313 g/mol. The lowest BCUT2D eigenvalue weighted by Gasteiger charge is -2.26. The van der Waals surface area contributed by atoms with E-state index < -0.39 is 6.10 Å². The van der Waals surface area contributed by atoms with Gasteiger partial charge in [0, 0.05) is 37.7 Å². The van der Waals surface area contributed by atoms with Crippen LogP contribution in [0.15, 0.2) is 42.7 Å². The Balaban J connectivity index is 1.53. The maximum Gasteiger partial charge on any atom is 0.223 e. The fourth-order valence-corrected chi connectivity index (χ4v) is 3.05. The average Bonchev–Trinajstić information content (AvgIpc) is 3.03. The molecule has 1 aromatic heterocycles. The van der Waals surface area contributed by atoms with E-state index in [0.29, 0.717) is 12.8 Å². The molecule has 0 saturated carbocycles. The molecule has 1 amide bonds. The molecule has 2 N–H and O–H groups in total. The number of carbonyl (C=O) groups is 1. The lowest BCUT2D eigenvalue weighted by atomic mass is 9.95. The molecule has 2 aromatic rings. The predicted molar refractivity (Wildman–Crippen MR) is 87.8 cm³/mol. The predicted octanol–water partition coefficient (Wildman–Crippen LogP) is 1.55. The molecular weight excluding hydrogens is 290 g/mol. The summed E-state index contributed by atoms with van der Waals surface area (Å²) in [4.78, 5) is 16.7. The number of imidazole rings is 1. The third kappa shape index (κ3) is 3.79. The molecule has 5 heteroatoms. The van der Waals surface area contributed by atoms with E-state index in [4.69, 9.17) is 0 Å². The van der Waals surface area contributed by atoms with E-state index in [0.717, 1.165) is 24.4 Å². The number of aliphatic hydroxyl groups excluding tert-OH is 1. The van der Waals surface area contributed by atoms with Gasteiger partial charge in [0.2, 0.25) is 5.91 Å². The highest BCUT2D eigenvalue weighted by Crippen LogP contribution is 2.19. The number of benzene rings is 1. The van der Waals surface area contributed by atoms with Crippen LogP contribution in [0.4, 0.5) is 0 Å². The zero-order chi connectivity index (χ0) is 16.2.